The molecule has 0 aromatic carbocycles. The highest BCUT2D eigenvalue weighted by Crippen LogP contribution is 2.33. The lowest BCUT2D eigenvalue weighted by atomic mass is 9.85. The number of hydrogen-bond donors (Lipinski definition) is 2. The van der Waals surface area contributed by atoms with Gasteiger partial charge in [0.25, 0.3) is 0 Å². The van der Waals surface area contributed by atoms with Crippen LogP contribution < -0.4 is 10.6 Å². The van der Waals surface area contributed by atoms with E-state index >= 15 is 0 Å². The van der Waals surface area contributed by atoms with Crippen molar-refractivity contribution in [3.8, 4) is 0 Å². The number of amides is 1. The first-order valence-electron chi connectivity index (χ1n) is 8.22. The van der Waals surface area contributed by atoms with E-state index in [1.807, 2.05) is 12.5 Å². The number of fused-ring (bicyclic) bond motifs is 1. The first-order valence-corrected chi connectivity index (χ1v) is 8.22. The Morgan fingerprint density at radius 1 is 1.48 bits per heavy atom. The molecule has 21 heavy (non-hydrogen) atoms. The molecule has 2 heterocycles. The highest BCUT2D eigenvalue weighted by Gasteiger charge is 2.38. The second-order valence-corrected chi connectivity index (χ2v) is 6.72. The normalized spacial score (nSPS) is 29.9. The summed E-state index contributed by atoms with van der Waals surface area (Å²) in [5.74, 6) is 1.31. The van der Waals surface area contributed by atoms with E-state index in [9.17, 15) is 4.79 Å². The Labute approximate surface area is 126 Å². The SMILES string of the molecule is CC(CNC(=O)C1CC2CCCCC2N1)Cn1ccnc1. The van der Waals surface area contributed by atoms with E-state index in [-0.39, 0.29) is 11.9 Å². The first-order chi connectivity index (χ1) is 10.2. The number of nitrogens with one attached hydrogen (secondary N) is 2. The highest BCUT2D eigenvalue weighted by atomic mass is 16.2. The van der Waals surface area contributed by atoms with Crippen molar-refractivity contribution in [1.82, 2.24) is 20.2 Å². The van der Waals surface area contributed by atoms with Crippen molar-refractivity contribution in [2.24, 2.45) is 11.8 Å². The second-order valence-electron chi connectivity index (χ2n) is 6.72. The summed E-state index contributed by atoms with van der Waals surface area (Å²) in [6, 6.07) is 0.608. The summed E-state index contributed by atoms with van der Waals surface area (Å²) in [6.07, 6.45) is 11.8. The van der Waals surface area contributed by atoms with Crippen LogP contribution in [0.15, 0.2) is 18.7 Å². The molecule has 1 aromatic heterocycles. The average Bonchev–Trinajstić information content (AvgIpc) is 3.13. The molecular formula is C16H26N4O. The highest BCUT2D eigenvalue weighted by molar-refractivity contribution is 5.82. The molecule has 0 radical (unpaired) electrons. The summed E-state index contributed by atoms with van der Waals surface area (Å²) in [4.78, 5) is 16.3. The van der Waals surface area contributed by atoms with Gasteiger partial charge in [0, 0.05) is 31.5 Å². The predicted octanol–water partition coefficient (Wildman–Crippen LogP) is 1.56. The predicted molar refractivity (Wildman–Crippen MR) is 81.7 cm³/mol. The molecule has 1 aliphatic heterocycles. The number of aromatic nitrogens is 2. The van der Waals surface area contributed by atoms with Gasteiger partial charge in [0.2, 0.25) is 5.91 Å². The van der Waals surface area contributed by atoms with Gasteiger partial charge in [-0.05, 0) is 31.1 Å². The summed E-state index contributed by atoms with van der Waals surface area (Å²) in [5.41, 5.74) is 0. The van der Waals surface area contributed by atoms with Crippen molar-refractivity contribution < 1.29 is 4.79 Å². The minimum absolute atomic E-state index is 0.0264. The van der Waals surface area contributed by atoms with Crippen LogP contribution in [0.3, 0.4) is 0 Å². The summed E-state index contributed by atoms with van der Waals surface area (Å²) in [5, 5.41) is 6.65. The van der Waals surface area contributed by atoms with Crippen LogP contribution in [0.25, 0.3) is 0 Å². The van der Waals surface area contributed by atoms with E-state index < -0.39 is 0 Å². The van der Waals surface area contributed by atoms with Crippen molar-refractivity contribution in [3.05, 3.63) is 18.7 Å². The van der Waals surface area contributed by atoms with Crippen LogP contribution in [-0.2, 0) is 11.3 Å². The fourth-order valence-electron chi connectivity index (χ4n) is 3.74. The molecule has 5 nitrogen and oxygen atoms in total. The van der Waals surface area contributed by atoms with Gasteiger partial charge in [0.15, 0.2) is 0 Å². The van der Waals surface area contributed by atoms with Crippen LogP contribution in [0.5, 0.6) is 0 Å². The van der Waals surface area contributed by atoms with Gasteiger partial charge in [-0.1, -0.05) is 19.8 Å². The number of nitrogens with zero attached hydrogens (tertiary/aromatic N) is 2. The third-order valence-electron chi connectivity index (χ3n) is 4.89. The topological polar surface area (TPSA) is 59.0 Å². The Hall–Kier alpha value is -1.36. The summed E-state index contributed by atoms with van der Waals surface area (Å²) >= 11 is 0. The largest absolute Gasteiger partial charge is 0.354 e. The minimum Gasteiger partial charge on any atom is -0.354 e. The summed E-state index contributed by atoms with van der Waals surface area (Å²) in [6.45, 7) is 3.77. The lowest BCUT2D eigenvalue weighted by Gasteiger charge is -2.24. The van der Waals surface area contributed by atoms with Crippen molar-refractivity contribution in [2.75, 3.05) is 6.54 Å². The number of hydrogen-bond acceptors (Lipinski definition) is 3. The number of carbonyl (C=O) groups excluding carboxylic acids is 1. The van der Waals surface area contributed by atoms with E-state index in [1.165, 1.54) is 25.7 Å². The zero-order chi connectivity index (χ0) is 14.7. The van der Waals surface area contributed by atoms with E-state index in [0.29, 0.717) is 12.0 Å². The van der Waals surface area contributed by atoms with Gasteiger partial charge >= 0.3 is 0 Å². The van der Waals surface area contributed by atoms with Crippen molar-refractivity contribution >= 4 is 5.91 Å². The second kappa shape index (κ2) is 6.60. The van der Waals surface area contributed by atoms with Crippen LogP contribution in [0.4, 0.5) is 0 Å². The maximum Gasteiger partial charge on any atom is 0.237 e. The van der Waals surface area contributed by atoms with Gasteiger partial charge in [-0.15, -0.1) is 0 Å². The Kier molecular flexibility index (Phi) is 4.58. The standard InChI is InChI=1S/C16H26N4O/c1-12(10-20-7-6-17-11-20)9-18-16(21)15-8-13-4-2-3-5-14(13)19-15/h6-7,11-15,19H,2-5,8-10H2,1H3,(H,18,21). The van der Waals surface area contributed by atoms with Crippen molar-refractivity contribution in [2.45, 2.75) is 57.7 Å². The Balaban J connectivity index is 1.42. The molecular weight excluding hydrogens is 264 g/mol. The van der Waals surface area contributed by atoms with Gasteiger partial charge in [-0.25, -0.2) is 4.98 Å². The monoisotopic (exact) mass is 290 g/mol. The lowest BCUT2D eigenvalue weighted by molar-refractivity contribution is -0.123. The van der Waals surface area contributed by atoms with Crippen LogP contribution in [0.1, 0.15) is 39.0 Å². The van der Waals surface area contributed by atoms with Gasteiger partial charge in [0.1, 0.15) is 0 Å². The number of carbonyl (C=O) groups is 1. The fraction of sp³-hybridized carbons (Fsp3) is 0.750. The number of rotatable bonds is 5. The minimum atomic E-state index is 0.0264. The fourth-order valence-corrected chi connectivity index (χ4v) is 3.74. The molecule has 2 fully saturated rings. The van der Waals surface area contributed by atoms with Crippen LogP contribution >= 0.6 is 0 Å². The molecule has 1 saturated heterocycles. The Bertz CT molecular complexity index is 445. The molecule has 0 spiro atoms. The molecule has 1 aromatic rings. The van der Waals surface area contributed by atoms with Gasteiger partial charge in [0.05, 0.1) is 12.4 Å². The Morgan fingerprint density at radius 3 is 3.10 bits per heavy atom. The van der Waals surface area contributed by atoms with Crippen LogP contribution in [0.2, 0.25) is 0 Å². The van der Waals surface area contributed by atoms with Gasteiger partial charge in [-0.2, -0.15) is 0 Å². The third kappa shape index (κ3) is 3.64. The van der Waals surface area contributed by atoms with Crippen molar-refractivity contribution in [3.63, 3.8) is 0 Å². The molecule has 1 aliphatic carbocycles. The maximum atomic E-state index is 12.3. The van der Waals surface area contributed by atoms with Crippen LogP contribution in [-0.4, -0.2) is 34.1 Å². The van der Waals surface area contributed by atoms with Crippen molar-refractivity contribution in [1.29, 1.82) is 0 Å². The molecule has 2 N–H and O–H groups in total. The van der Waals surface area contributed by atoms with Gasteiger partial charge < -0.3 is 15.2 Å². The molecule has 1 saturated carbocycles. The first kappa shape index (κ1) is 14.6. The number of imidazole rings is 1. The molecule has 4 unspecified atom stereocenters. The molecule has 0 bridgehead atoms. The van der Waals surface area contributed by atoms with E-state index in [0.717, 1.165) is 25.4 Å². The maximum absolute atomic E-state index is 12.3. The molecule has 2 aliphatic rings. The molecule has 116 valence electrons. The van der Waals surface area contributed by atoms with E-state index in [4.69, 9.17) is 0 Å². The molecule has 5 heteroatoms. The zero-order valence-corrected chi connectivity index (χ0v) is 12.8. The molecule has 4 atom stereocenters. The zero-order valence-electron chi connectivity index (χ0n) is 12.8. The lowest BCUT2D eigenvalue weighted by Crippen LogP contribution is -2.44. The third-order valence-corrected chi connectivity index (χ3v) is 4.89. The van der Waals surface area contributed by atoms with E-state index in [1.54, 1.807) is 6.20 Å². The summed E-state index contributed by atoms with van der Waals surface area (Å²) < 4.78 is 2.05. The van der Waals surface area contributed by atoms with E-state index in [2.05, 4.69) is 27.1 Å². The molecule has 3 rings (SSSR count). The quantitative estimate of drug-likeness (QED) is 0.865. The summed E-state index contributed by atoms with van der Waals surface area (Å²) in [7, 11) is 0. The van der Waals surface area contributed by atoms with Gasteiger partial charge in [-0.3, -0.25) is 4.79 Å². The smallest absolute Gasteiger partial charge is 0.237 e. The van der Waals surface area contributed by atoms with Crippen LogP contribution in [0, 0.1) is 11.8 Å². The molecule has 1 amide bonds. The average molecular weight is 290 g/mol. The Morgan fingerprint density at radius 2 is 2.33 bits per heavy atom.